The van der Waals surface area contributed by atoms with Gasteiger partial charge in [-0.05, 0) is 43.2 Å². The number of nitrogens with zero attached hydrogens (tertiary/aromatic N) is 1. The maximum Gasteiger partial charge on any atom is 0.230 e. The molecule has 0 fully saturated rings. The standard InChI is InChI=1S/C15H17N3O/c1-10-7-11(2)17-14(8-10)18-15(19)9-12-5-3-4-6-13(12)16/h3-8H,9,16H2,1-2H3,(H,17,18,19). The summed E-state index contributed by atoms with van der Waals surface area (Å²) in [7, 11) is 0. The van der Waals surface area contributed by atoms with E-state index in [1.54, 1.807) is 6.07 Å². The van der Waals surface area contributed by atoms with Gasteiger partial charge in [-0.1, -0.05) is 18.2 Å². The van der Waals surface area contributed by atoms with Gasteiger partial charge in [0.05, 0.1) is 6.42 Å². The van der Waals surface area contributed by atoms with E-state index in [4.69, 9.17) is 5.73 Å². The van der Waals surface area contributed by atoms with Gasteiger partial charge in [-0.2, -0.15) is 0 Å². The average Bonchev–Trinajstić information content (AvgIpc) is 2.30. The van der Waals surface area contributed by atoms with Crippen LogP contribution in [0.5, 0.6) is 0 Å². The quantitative estimate of drug-likeness (QED) is 0.828. The predicted molar refractivity (Wildman–Crippen MR) is 76.9 cm³/mol. The van der Waals surface area contributed by atoms with Gasteiger partial charge >= 0.3 is 0 Å². The van der Waals surface area contributed by atoms with Crippen LogP contribution in [0.15, 0.2) is 36.4 Å². The SMILES string of the molecule is Cc1cc(C)nc(NC(=O)Cc2ccccc2N)c1. The van der Waals surface area contributed by atoms with Crippen molar-refractivity contribution in [1.82, 2.24) is 4.98 Å². The highest BCUT2D eigenvalue weighted by Crippen LogP contribution is 2.13. The second-order valence-corrected chi connectivity index (χ2v) is 4.59. The van der Waals surface area contributed by atoms with Gasteiger partial charge in [0.2, 0.25) is 5.91 Å². The van der Waals surface area contributed by atoms with E-state index in [0.717, 1.165) is 16.8 Å². The molecule has 19 heavy (non-hydrogen) atoms. The van der Waals surface area contributed by atoms with Crippen molar-refractivity contribution >= 4 is 17.4 Å². The lowest BCUT2D eigenvalue weighted by molar-refractivity contribution is -0.115. The van der Waals surface area contributed by atoms with Crippen LogP contribution >= 0.6 is 0 Å². The lowest BCUT2D eigenvalue weighted by Crippen LogP contribution is -2.16. The Morgan fingerprint density at radius 3 is 2.68 bits per heavy atom. The third kappa shape index (κ3) is 3.55. The van der Waals surface area contributed by atoms with Gasteiger partial charge in [-0.15, -0.1) is 0 Å². The largest absolute Gasteiger partial charge is 0.398 e. The van der Waals surface area contributed by atoms with E-state index in [0.29, 0.717) is 11.5 Å². The topological polar surface area (TPSA) is 68.0 Å². The van der Waals surface area contributed by atoms with E-state index >= 15 is 0 Å². The van der Waals surface area contributed by atoms with Gasteiger partial charge in [0.15, 0.2) is 0 Å². The number of hydrogen-bond donors (Lipinski definition) is 2. The zero-order valence-corrected chi connectivity index (χ0v) is 11.1. The smallest absolute Gasteiger partial charge is 0.230 e. The fourth-order valence-electron chi connectivity index (χ4n) is 1.96. The fraction of sp³-hybridized carbons (Fsp3) is 0.200. The molecule has 4 nitrogen and oxygen atoms in total. The number of nitrogens with one attached hydrogen (secondary N) is 1. The van der Waals surface area contributed by atoms with Gasteiger partial charge in [-0.25, -0.2) is 4.98 Å². The molecule has 0 saturated carbocycles. The Labute approximate surface area is 112 Å². The second kappa shape index (κ2) is 5.52. The minimum atomic E-state index is -0.115. The summed E-state index contributed by atoms with van der Waals surface area (Å²) < 4.78 is 0. The number of carbonyl (C=O) groups excluding carboxylic acids is 1. The predicted octanol–water partition coefficient (Wildman–Crippen LogP) is 2.46. The molecule has 0 radical (unpaired) electrons. The van der Waals surface area contributed by atoms with Crippen LogP contribution in [0.1, 0.15) is 16.8 Å². The highest BCUT2D eigenvalue weighted by molar-refractivity contribution is 5.92. The summed E-state index contributed by atoms with van der Waals surface area (Å²) in [6, 6.07) is 11.2. The number of aryl methyl sites for hydroxylation is 2. The summed E-state index contributed by atoms with van der Waals surface area (Å²) in [5, 5.41) is 2.79. The first kappa shape index (κ1) is 13.1. The number of amides is 1. The molecule has 98 valence electrons. The summed E-state index contributed by atoms with van der Waals surface area (Å²) in [6.07, 6.45) is 0.251. The van der Waals surface area contributed by atoms with E-state index in [9.17, 15) is 4.79 Å². The molecule has 0 saturated heterocycles. The maximum atomic E-state index is 12.0. The number of nitrogen functional groups attached to an aromatic ring is 1. The lowest BCUT2D eigenvalue weighted by atomic mass is 10.1. The monoisotopic (exact) mass is 255 g/mol. The number of anilines is 2. The number of carbonyl (C=O) groups is 1. The molecule has 0 aliphatic rings. The summed E-state index contributed by atoms with van der Waals surface area (Å²) >= 11 is 0. The summed E-state index contributed by atoms with van der Waals surface area (Å²) in [6.45, 7) is 3.87. The molecule has 2 aromatic rings. The molecule has 0 bridgehead atoms. The third-order valence-corrected chi connectivity index (χ3v) is 2.77. The van der Waals surface area contributed by atoms with Gasteiger partial charge in [0, 0.05) is 11.4 Å². The number of rotatable bonds is 3. The first-order valence-corrected chi connectivity index (χ1v) is 6.13. The molecule has 1 aromatic carbocycles. The number of pyridine rings is 1. The van der Waals surface area contributed by atoms with Crippen molar-refractivity contribution in [1.29, 1.82) is 0 Å². The number of aromatic nitrogens is 1. The Morgan fingerprint density at radius 1 is 1.26 bits per heavy atom. The summed E-state index contributed by atoms with van der Waals surface area (Å²) in [4.78, 5) is 16.2. The Morgan fingerprint density at radius 2 is 2.00 bits per heavy atom. The number of para-hydroxylation sites is 1. The van der Waals surface area contributed by atoms with Crippen LogP contribution in [0, 0.1) is 13.8 Å². The third-order valence-electron chi connectivity index (χ3n) is 2.77. The first-order valence-electron chi connectivity index (χ1n) is 6.13. The second-order valence-electron chi connectivity index (χ2n) is 4.59. The van der Waals surface area contributed by atoms with Crippen LogP contribution in [0.25, 0.3) is 0 Å². The molecule has 1 amide bonds. The molecular weight excluding hydrogens is 238 g/mol. The van der Waals surface area contributed by atoms with Crippen LogP contribution in [0.3, 0.4) is 0 Å². The molecule has 0 spiro atoms. The fourth-order valence-corrected chi connectivity index (χ4v) is 1.96. The highest BCUT2D eigenvalue weighted by Gasteiger charge is 2.07. The first-order chi connectivity index (χ1) is 9.04. The number of hydrogen-bond acceptors (Lipinski definition) is 3. The minimum Gasteiger partial charge on any atom is -0.398 e. The van der Waals surface area contributed by atoms with Crippen molar-refractivity contribution < 1.29 is 4.79 Å². The lowest BCUT2D eigenvalue weighted by Gasteiger charge is -2.08. The Kier molecular flexibility index (Phi) is 3.80. The molecular formula is C15H17N3O. The van der Waals surface area contributed by atoms with Crippen LogP contribution < -0.4 is 11.1 Å². The van der Waals surface area contributed by atoms with E-state index in [1.165, 1.54) is 0 Å². The summed E-state index contributed by atoms with van der Waals surface area (Å²) in [5.74, 6) is 0.465. The van der Waals surface area contributed by atoms with Gasteiger partial charge in [-0.3, -0.25) is 4.79 Å². The molecule has 0 atom stereocenters. The van der Waals surface area contributed by atoms with Crippen LogP contribution in [-0.2, 0) is 11.2 Å². The molecule has 2 rings (SSSR count). The van der Waals surface area contributed by atoms with Crippen molar-refractivity contribution in [3.05, 3.63) is 53.2 Å². The normalized spacial score (nSPS) is 10.2. The Hall–Kier alpha value is -2.36. The Balaban J connectivity index is 2.07. The van der Waals surface area contributed by atoms with Gasteiger partial charge < -0.3 is 11.1 Å². The van der Waals surface area contributed by atoms with Gasteiger partial charge in [0.25, 0.3) is 0 Å². The zero-order valence-electron chi connectivity index (χ0n) is 11.1. The molecule has 4 heteroatoms. The Bertz CT molecular complexity index is 588. The molecule has 0 unspecified atom stereocenters. The van der Waals surface area contributed by atoms with E-state index < -0.39 is 0 Å². The van der Waals surface area contributed by atoms with Gasteiger partial charge in [0.1, 0.15) is 5.82 Å². The van der Waals surface area contributed by atoms with Crippen molar-refractivity contribution in [2.45, 2.75) is 20.3 Å². The average molecular weight is 255 g/mol. The summed E-state index contributed by atoms with van der Waals surface area (Å²) in [5.41, 5.74) is 9.22. The van der Waals surface area contributed by atoms with Crippen LogP contribution in [0.2, 0.25) is 0 Å². The molecule has 1 aromatic heterocycles. The molecule has 1 heterocycles. The van der Waals surface area contributed by atoms with Crippen molar-refractivity contribution in [3.63, 3.8) is 0 Å². The molecule has 3 N–H and O–H groups in total. The van der Waals surface area contributed by atoms with Crippen molar-refractivity contribution in [2.24, 2.45) is 0 Å². The van der Waals surface area contributed by atoms with E-state index in [2.05, 4.69) is 10.3 Å². The molecule has 0 aliphatic heterocycles. The van der Waals surface area contributed by atoms with Crippen LogP contribution in [-0.4, -0.2) is 10.9 Å². The van der Waals surface area contributed by atoms with Crippen molar-refractivity contribution in [3.8, 4) is 0 Å². The number of benzene rings is 1. The number of nitrogens with two attached hydrogens (primary N) is 1. The van der Waals surface area contributed by atoms with Crippen molar-refractivity contribution in [2.75, 3.05) is 11.1 Å². The molecule has 0 aliphatic carbocycles. The zero-order chi connectivity index (χ0) is 13.8. The minimum absolute atomic E-state index is 0.115. The van der Waals surface area contributed by atoms with E-state index in [-0.39, 0.29) is 12.3 Å². The van der Waals surface area contributed by atoms with E-state index in [1.807, 2.05) is 44.2 Å². The van der Waals surface area contributed by atoms with Crippen LogP contribution in [0.4, 0.5) is 11.5 Å². The maximum absolute atomic E-state index is 12.0. The highest BCUT2D eigenvalue weighted by atomic mass is 16.1.